The number of thiophene rings is 1. The van der Waals surface area contributed by atoms with Gasteiger partial charge < -0.3 is 19.3 Å². The Balaban J connectivity index is 2.60. The molecule has 10 heteroatoms. The van der Waals surface area contributed by atoms with Gasteiger partial charge in [-0.3, -0.25) is 0 Å². The van der Waals surface area contributed by atoms with Gasteiger partial charge in [0.1, 0.15) is 10.4 Å². The van der Waals surface area contributed by atoms with E-state index in [1.807, 2.05) is 0 Å². The Bertz CT molecular complexity index is 1040. The SMILES string of the molecule is CCOC(=O)/C(N=Nc1sc(C(=O)OCC)c(C)c1C(=O)OCC)=C(/O)c1ccccc1. The Morgan fingerprint density at radius 1 is 0.938 bits per heavy atom. The third kappa shape index (κ3) is 5.79. The molecule has 0 saturated heterocycles. The van der Waals surface area contributed by atoms with Crippen LogP contribution < -0.4 is 0 Å². The summed E-state index contributed by atoms with van der Waals surface area (Å²) in [5.74, 6) is -2.64. The van der Waals surface area contributed by atoms with Gasteiger partial charge in [0.25, 0.3) is 0 Å². The third-order valence-corrected chi connectivity index (χ3v) is 5.21. The second-order valence-corrected chi connectivity index (χ2v) is 7.16. The van der Waals surface area contributed by atoms with Gasteiger partial charge in [0, 0.05) is 5.56 Å². The number of nitrogens with zero attached hydrogens (tertiary/aromatic N) is 2. The summed E-state index contributed by atoms with van der Waals surface area (Å²) in [6.45, 7) is 6.81. The van der Waals surface area contributed by atoms with Crippen LogP contribution in [0.1, 0.15) is 51.9 Å². The van der Waals surface area contributed by atoms with E-state index in [0.717, 1.165) is 11.3 Å². The number of esters is 3. The van der Waals surface area contributed by atoms with Gasteiger partial charge in [-0.25, -0.2) is 14.4 Å². The highest BCUT2D eigenvalue weighted by Crippen LogP contribution is 2.37. The standard InChI is InChI=1S/C22H24N2O7S/c1-5-29-20(26)15-13(4)18(22(28)31-7-3)32-19(15)24-23-16(21(27)30-6-2)17(25)14-11-9-8-10-12-14/h8-12,25H,5-7H2,1-4H3/b17-16-,24-23?. The quantitative estimate of drug-likeness (QED) is 0.184. The van der Waals surface area contributed by atoms with Crippen LogP contribution in [0.4, 0.5) is 5.00 Å². The molecule has 170 valence electrons. The molecule has 0 spiro atoms. The fourth-order valence-electron chi connectivity index (χ4n) is 2.62. The van der Waals surface area contributed by atoms with E-state index in [-0.39, 0.29) is 35.3 Å². The minimum Gasteiger partial charge on any atom is -0.505 e. The van der Waals surface area contributed by atoms with Crippen LogP contribution in [0.2, 0.25) is 0 Å². The average molecular weight is 461 g/mol. The van der Waals surface area contributed by atoms with E-state index in [2.05, 4.69) is 10.2 Å². The highest BCUT2D eigenvalue weighted by atomic mass is 32.1. The number of carbonyl (C=O) groups excluding carboxylic acids is 3. The fraction of sp³-hybridized carbons (Fsp3) is 0.318. The monoisotopic (exact) mass is 460 g/mol. The molecule has 32 heavy (non-hydrogen) atoms. The molecule has 0 amide bonds. The van der Waals surface area contributed by atoms with Crippen molar-refractivity contribution in [1.82, 2.24) is 0 Å². The van der Waals surface area contributed by atoms with Gasteiger partial charge in [-0.2, -0.15) is 0 Å². The Hall–Kier alpha value is -3.53. The topological polar surface area (TPSA) is 124 Å². The van der Waals surface area contributed by atoms with Crippen LogP contribution in [0, 0.1) is 6.92 Å². The van der Waals surface area contributed by atoms with Crippen molar-refractivity contribution in [3.63, 3.8) is 0 Å². The number of ether oxygens (including phenoxy) is 3. The summed E-state index contributed by atoms with van der Waals surface area (Å²) in [7, 11) is 0. The number of azo groups is 1. The number of hydrogen-bond acceptors (Lipinski definition) is 10. The Labute approximate surface area is 189 Å². The summed E-state index contributed by atoms with van der Waals surface area (Å²) in [5, 5.41) is 18.5. The van der Waals surface area contributed by atoms with Gasteiger partial charge in [0.15, 0.2) is 10.8 Å². The van der Waals surface area contributed by atoms with Crippen molar-refractivity contribution in [2.75, 3.05) is 19.8 Å². The molecule has 0 unspecified atom stereocenters. The van der Waals surface area contributed by atoms with Crippen molar-refractivity contribution in [1.29, 1.82) is 0 Å². The predicted octanol–water partition coefficient (Wildman–Crippen LogP) is 4.98. The molecule has 0 aliphatic rings. The van der Waals surface area contributed by atoms with Crippen molar-refractivity contribution in [3.8, 4) is 0 Å². The highest BCUT2D eigenvalue weighted by molar-refractivity contribution is 7.18. The smallest absolute Gasteiger partial charge is 0.362 e. The molecule has 0 saturated carbocycles. The van der Waals surface area contributed by atoms with Gasteiger partial charge in [-0.05, 0) is 33.3 Å². The first-order valence-electron chi connectivity index (χ1n) is 9.90. The zero-order chi connectivity index (χ0) is 23.7. The summed E-state index contributed by atoms with van der Waals surface area (Å²) in [5.41, 5.74) is 0.243. The van der Waals surface area contributed by atoms with Crippen LogP contribution in [-0.2, 0) is 19.0 Å². The Kier molecular flexibility index (Phi) is 9.08. The molecule has 2 rings (SSSR count). The Morgan fingerprint density at radius 2 is 1.53 bits per heavy atom. The normalized spacial score (nSPS) is 11.8. The van der Waals surface area contributed by atoms with E-state index in [1.54, 1.807) is 58.0 Å². The maximum Gasteiger partial charge on any atom is 0.362 e. The first-order valence-corrected chi connectivity index (χ1v) is 10.7. The summed E-state index contributed by atoms with van der Waals surface area (Å²) < 4.78 is 15.1. The van der Waals surface area contributed by atoms with E-state index in [0.29, 0.717) is 11.1 Å². The van der Waals surface area contributed by atoms with Crippen LogP contribution in [-0.4, -0.2) is 42.8 Å². The van der Waals surface area contributed by atoms with Gasteiger partial charge in [0.2, 0.25) is 5.70 Å². The van der Waals surface area contributed by atoms with Crippen molar-refractivity contribution in [3.05, 3.63) is 57.6 Å². The molecule has 1 heterocycles. The lowest BCUT2D eigenvalue weighted by atomic mass is 10.1. The lowest BCUT2D eigenvalue weighted by Crippen LogP contribution is -2.09. The lowest BCUT2D eigenvalue weighted by Gasteiger charge is -2.06. The molecular weight excluding hydrogens is 436 g/mol. The molecule has 0 radical (unpaired) electrons. The van der Waals surface area contributed by atoms with Crippen LogP contribution in [0.25, 0.3) is 5.76 Å². The zero-order valence-electron chi connectivity index (χ0n) is 18.2. The maximum absolute atomic E-state index is 12.5. The summed E-state index contributed by atoms with van der Waals surface area (Å²) in [6, 6.07) is 8.28. The molecule has 1 aromatic heterocycles. The molecule has 0 aliphatic heterocycles. The predicted molar refractivity (Wildman–Crippen MR) is 118 cm³/mol. The van der Waals surface area contributed by atoms with Crippen molar-refractivity contribution < 1.29 is 33.7 Å². The van der Waals surface area contributed by atoms with E-state index in [1.165, 1.54) is 0 Å². The van der Waals surface area contributed by atoms with Crippen molar-refractivity contribution in [2.24, 2.45) is 10.2 Å². The number of aliphatic hydroxyl groups excluding tert-OH is 1. The van der Waals surface area contributed by atoms with Crippen molar-refractivity contribution >= 4 is 40.0 Å². The lowest BCUT2D eigenvalue weighted by molar-refractivity contribution is -0.138. The van der Waals surface area contributed by atoms with Gasteiger partial charge in [-0.15, -0.1) is 21.6 Å². The maximum atomic E-state index is 12.5. The molecule has 0 fully saturated rings. The molecular formula is C22H24N2O7S. The first-order chi connectivity index (χ1) is 15.3. The van der Waals surface area contributed by atoms with Crippen LogP contribution in [0.3, 0.4) is 0 Å². The zero-order valence-corrected chi connectivity index (χ0v) is 19.0. The van der Waals surface area contributed by atoms with E-state index in [9.17, 15) is 19.5 Å². The second-order valence-electron chi connectivity index (χ2n) is 6.16. The van der Waals surface area contributed by atoms with Crippen molar-refractivity contribution in [2.45, 2.75) is 27.7 Å². The van der Waals surface area contributed by atoms with Gasteiger partial charge in [-0.1, -0.05) is 30.3 Å². The fourth-order valence-corrected chi connectivity index (χ4v) is 3.63. The molecule has 9 nitrogen and oxygen atoms in total. The minimum atomic E-state index is -0.894. The number of rotatable bonds is 9. The molecule has 0 aliphatic carbocycles. The number of aliphatic hydroxyl groups is 1. The number of hydrogen-bond donors (Lipinski definition) is 1. The summed E-state index contributed by atoms with van der Waals surface area (Å²) in [6.07, 6.45) is 0. The van der Waals surface area contributed by atoms with E-state index < -0.39 is 29.4 Å². The minimum absolute atomic E-state index is 0.0334. The molecule has 1 aromatic carbocycles. The van der Waals surface area contributed by atoms with Crippen LogP contribution in [0.5, 0.6) is 0 Å². The van der Waals surface area contributed by atoms with Gasteiger partial charge in [0.05, 0.1) is 19.8 Å². The first kappa shape index (κ1) is 24.7. The van der Waals surface area contributed by atoms with Crippen LogP contribution >= 0.6 is 11.3 Å². The molecule has 0 bridgehead atoms. The molecule has 0 atom stereocenters. The largest absolute Gasteiger partial charge is 0.505 e. The number of benzene rings is 1. The highest BCUT2D eigenvalue weighted by Gasteiger charge is 2.27. The van der Waals surface area contributed by atoms with Gasteiger partial charge >= 0.3 is 17.9 Å². The molecule has 1 N–H and O–H groups in total. The number of carbonyl (C=O) groups is 3. The third-order valence-electron chi connectivity index (χ3n) is 4.05. The summed E-state index contributed by atoms with van der Waals surface area (Å²) >= 11 is 0.871. The Morgan fingerprint density at radius 3 is 2.12 bits per heavy atom. The summed E-state index contributed by atoms with van der Waals surface area (Å²) in [4.78, 5) is 37.3. The van der Waals surface area contributed by atoms with Crippen LogP contribution in [0.15, 0.2) is 46.3 Å². The second kappa shape index (κ2) is 11.8. The average Bonchev–Trinajstić information content (AvgIpc) is 3.11. The van der Waals surface area contributed by atoms with E-state index in [4.69, 9.17) is 14.2 Å². The van der Waals surface area contributed by atoms with E-state index >= 15 is 0 Å². The molecule has 2 aromatic rings.